The van der Waals surface area contributed by atoms with Gasteiger partial charge in [-0.05, 0) is 0 Å². The molecule has 2 nitrogen and oxygen atoms in total. The van der Waals surface area contributed by atoms with Crippen LogP contribution in [0, 0.1) is 0 Å². The topological polar surface area (TPSA) is 29.1 Å². The number of carbonyl (C=O) groups is 1. The number of nitrogens with one attached hydrogen (secondary N) is 1. The van der Waals surface area contributed by atoms with E-state index in [1.165, 1.54) is 0 Å². The van der Waals surface area contributed by atoms with Crippen LogP contribution in [0.5, 0.6) is 0 Å². The summed E-state index contributed by atoms with van der Waals surface area (Å²) < 4.78 is 0. The molecule has 0 radical (unpaired) electrons. The molecule has 1 aliphatic rings. The highest BCUT2D eigenvalue weighted by atomic mass is 16.1. The lowest BCUT2D eigenvalue weighted by Crippen LogP contribution is -2.38. The van der Waals surface area contributed by atoms with E-state index in [0.717, 1.165) is 0 Å². The zero-order valence-corrected chi connectivity index (χ0v) is 3.32. The van der Waals surface area contributed by atoms with Crippen LogP contribution in [-0.2, 0) is 4.79 Å². The molecule has 0 spiro atoms. The second kappa shape index (κ2) is 0.834. The van der Waals surface area contributed by atoms with E-state index in [4.69, 9.17) is 0 Å². The predicted molar refractivity (Wildman–Crippen MR) is 22.1 cm³/mol. The summed E-state index contributed by atoms with van der Waals surface area (Å²) in [5, 5.41) is 2.71. The molecule has 0 amide bonds. The maximum absolute atomic E-state index is 10.1. The molecule has 1 rings (SSSR count). The van der Waals surface area contributed by atoms with E-state index in [1.807, 2.05) is 0 Å². The second-order valence-corrected chi connectivity index (χ2v) is 1.26. The van der Waals surface area contributed by atoms with Gasteiger partial charge in [-0.2, -0.15) is 0 Å². The van der Waals surface area contributed by atoms with Crippen LogP contribution >= 0.6 is 0 Å². The summed E-state index contributed by atoms with van der Waals surface area (Å²) in [6.45, 7) is 3.87. The highest BCUT2D eigenvalue weighted by molar-refractivity contribution is 6.01. The summed E-state index contributed by atoms with van der Waals surface area (Å²) in [4.78, 5) is 10.1. The van der Waals surface area contributed by atoms with Gasteiger partial charge in [-0.15, -0.1) is 0 Å². The van der Waals surface area contributed by atoms with Crippen LogP contribution in [0.15, 0.2) is 12.3 Å². The standard InChI is InChI=1S/C4H5NO/c1-3-4(6)2-5-3/h5H,1-2H2. The summed E-state index contributed by atoms with van der Waals surface area (Å²) >= 11 is 0. The van der Waals surface area contributed by atoms with Crippen molar-refractivity contribution < 1.29 is 4.79 Å². The Morgan fingerprint density at radius 3 is 2.33 bits per heavy atom. The number of hydrogen-bond acceptors (Lipinski definition) is 2. The third kappa shape index (κ3) is 0.233. The lowest BCUT2D eigenvalue weighted by atomic mass is 10.2. The smallest absolute Gasteiger partial charge is 0.197 e. The summed E-state index contributed by atoms with van der Waals surface area (Å²) in [5.41, 5.74) is 0.551. The Morgan fingerprint density at radius 1 is 1.83 bits per heavy atom. The molecular weight excluding hydrogens is 78.0 g/mol. The van der Waals surface area contributed by atoms with Crippen LogP contribution in [0.1, 0.15) is 0 Å². The van der Waals surface area contributed by atoms with Gasteiger partial charge in [0.15, 0.2) is 5.78 Å². The summed E-state index contributed by atoms with van der Waals surface area (Å²) in [7, 11) is 0. The van der Waals surface area contributed by atoms with Crippen LogP contribution in [-0.4, -0.2) is 12.3 Å². The molecule has 6 heavy (non-hydrogen) atoms. The molecule has 0 aromatic rings. The lowest BCUT2D eigenvalue weighted by Gasteiger charge is -2.14. The molecule has 0 aromatic carbocycles. The molecule has 0 aromatic heterocycles. The number of Topliss-reactive ketones (excluding diaryl/α,β-unsaturated/α-hetero) is 1. The third-order valence-corrected chi connectivity index (χ3v) is 0.799. The van der Waals surface area contributed by atoms with Gasteiger partial charge in [0.25, 0.3) is 0 Å². The number of rotatable bonds is 0. The minimum Gasteiger partial charge on any atom is -0.375 e. The van der Waals surface area contributed by atoms with Gasteiger partial charge in [0.1, 0.15) is 0 Å². The largest absolute Gasteiger partial charge is 0.375 e. The SMILES string of the molecule is C=C1NCC1=O. The normalized spacial score (nSPS) is 19.3. The number of hydrogen-bond donors (Lipinski definition) is 1. The van der Waals surface area contributed by atoms with E-state index in [2.05, 4.69) is 11.9 Å². The molecule has 1 heterocycles. The van der Waals surface area contributed by atoms with Crippen molar-refractivity contribution in [1.29, 1.82) is 0 Å². The molecular formula is C4H5NO. The lowest BCUT2D eigenvalue weighted by molar-refractivity contribution is -0.118. The number of ketones is 1. The molecule has 1 saturated heterocycles. The van der Waals surface area contributed by atoms with Crippen molar-refractivity contribution in [3.05, 3.63) is 12.3 Å². The van der Waals surface area contributed by atoms with Crippen molar-refractivity contribution in [2.45, 2.75) is 0 Å². The quantitative estimate of drug-likeness (QED) is 0.406. The molecule has 2 heteroatoms. The van der Waals surface area contributed by atoms with E-state index in [-0.39, 0.29) is 5.78 Å². The molecule has 1 N–H and O–H groups in total. The Labute approximate surface area is 35.9 Å². The Morgan fingerprint density at radius 2 is 2.33 bits per heavy atom. The predicted octanol–water partition coefficient (Wildman–Crippen LogP) is -0.328. The zero-order chi connectivity index (χ0) is 4.57. The van der Waals surface area contributed by atoms with Gasteiger partial charge in [-0.25, -0.2) is 0 Å². The maximum Gasteiger partial charge on any atom is 0.197 e. The highest BCUT2D eigenvalue weighted by Crippen LogP contribution is 1.94. The van der Waals surface area contributed by atoms with Crippen molar-refractivity contribution in [3.8, 4) is 0 Å². The minimum absolute atomic E-state index is 0.134. The fourth-order valence-electron chi connectivity index (χ4n) is 0.286. The maximum atomic E-state index is 10.1. The van der Waals surface area contributed by atoms with Crippen molar-refractivity contribution in [1.82, 2.24) is 5.32 Å². The fourth-order valence-corrected chi connectivity index (χ4v) is 0.286. The van der Waals surface area contributed by atoms with Crippen LogP contribution in [0.3, 0.4) is 0 Å². The van der Waals surface area contributed by atoms with Gasteiger partial charge in [0.2, 0.25) is 0 Å². The molecule has 0 saturated carbocycles. The van der Waals surface area contributed by atoms with E-state index in [9.17, 15) is 4.79 Å². The molecule has 0 bridgehead atoms. The first-order valence-corrected chi connectivity index (χ1v) is 1.76. The molecule has 0 atom stereocenters. The Kier molecular flexibility index (Phi) is 0.473. The zero-order valence-electron chi connectivity index (χ0n) is 3.32. The van der Waals surface area contributed by atoms with E-state index < -0.39 is 0 Å². The highest BCUT2D eigenvalue weighted by Gasteiger charge is 2.14. The Hall–Kier alpha value is -0.790. The Balaban J connectivity index is 2.61. The monoisotopic (exact) mass is 83.0 g/mol. The van der Waals surface area contributed by atoms with Gasteiger partial charge in [0, 0.05) is 0 Å². The summed E-state index contributed by atoms with van der Waals surface area (Å²) in [5.74, 6) is 0.134. The van der Waals surface area contributed by atoms with Gasteiger partial charge in [-0.3, -0.25) is 4.79 Å². The van der Waals surface area contributed by atoms with E-state index in [0.29, 0.717) is 12.2 Å². The van der Waals surface area contributed by atoms with Crippen molar-refractivity contribution >= 4 is 5.78 Å². The van der Waals surface area contributed by atoms with Crippen molar-refractivity contribution in [2.24, 2.45) is 0 Å². The summed E-state index contributed by atoms with van der Waals surface area (Å²) in [6, 6.07) is 0. The van der Waals surface area contributed by atoms with Crippen LogP contribution in [0.4, 0.5) is 0 Å². The van der Waals surface area contributed by atoms with Crippen LogP contribution < -0.4 is 5.32 Å². The van der Waals surface area contributed by atoms with Crippen molar-refractivity contribution in [3.63, 3.8) is 0 Å². The first-order valence-electron chi connectivity index (χ1n) is 1.76. The molecule has 1 fully saturated rings. The molecule has 1 aliphatic heterocycles. The van der Waals surface area contributed by atoms with Crippen LogP contribution in [0.25, 0.3) is 0 Å². The molecule has 0 unspecified atom stereocenters. The third-order valence-electron chi connectivity index (χ3n) is 0.799. The van der Waals surface area contributed by atoms with Crippen molar-refractivity contribution in [2.75, 3.05) is 6.54 Å². The van der Waals surface area contributed by atoms with Gasteiger partial charge in [-0.1, -0.05) is 6.58 Å². The average molecular weight is 83.1 g/mol. The first-order chi connectivity index (χ1) is 2.80. The van der Waals surface area contributed by atoms with E-state index in [1.54, 1.807) is 0 Å². The average Bonchev–Trinajstić information content (AvgIpc) is 1.61. The minimum atomic E-state index is 0.134. The first kappa shape index (κ1) is 3.40. The second-order valence-electron chi connectivity index (χ2n) is 1.26. The molecule has 32 valence electrons. The van der Waals surface area contributed by atoms with Gasteiger partial charge < -0.3 is 5.32 Å². The number of carbonyl (C=O) groups excluding carboxylic acids is 1. The fraction of sp³-hybridized carbons (Fsp3) is 0.250. The van der Waals surface area contributed by atoms with Gasteiger partial charge >= 0.3 is 0 Å². The van der Waals surface area contributed by atoms with Gasteiger partial charge in [0.05, 0.1) is 12.2 Å². The summed E-state index contributed by atoms with van der Waals surface area (Å²) in [6.07, 6.45) is 0. The van der Waals surface area contributed by atoms with Crippen LogP contribution in [0.2, 0.25) is 0 Å². The van der Waals surface area contributed by atoms with E-state index >= 15 is 0 Å². The Bertz CT molecular complexity index is 92.1. The molecule has 0 aliphatic carbocycles.